The topological polar surface area (TPSA) is 66.1 Å². The van der Waals surface area contributed by atoms with Crippen molar-refractivity contribution in [1.82, 2.24) is 14.9 Å². The Bertz CT molecular complexity index is 853. The predicted octanol–water partition coefficient (Wildman–Crippen LogP) is 2.94. The smallest absolute Gasteiger partial charge is 0.254 e. The van der Waals surface area contributed by atoms with Gasteiger partial charge in [-0.3, -0.25) is 9.59 Å². The lowest BCUT2D eigenvalue weighted by molar-refractivity contribution is -0.135. The first-order valence-electron chi connectivity index (χ1n) is 9.56. The predicted molar refractivity (Wildman–Crippen MR) is 99.9 cm³/mol. The number of nitrogens with one attached hydrogen (secondary N) is 1. The highest BCUT2D eigenvalue weighted by Gasteiger charge is 2.36. The molecule has 1 saturated carbocycles. The molecule has 2 heterocycles. The van der Waals surface area contributed by atoms with Crippen LogP contribution in [0.25, 0.3) is 0 Å². The van der Waals surface area contributed by atoms with Crippen molar-refractivity contribution in [2.45, 2.75) is 51.5 Å². The quantitative estimate of drug-likeness (QED) is 0.924. The van der Waals surface area contributed by atoms with Crippen molar-refractivity contribution in [3.05, 3.63) is 63.3 Å². The number of nitrogens with zero attached hydrogens (tertiary/aromatic N) is 2. The fourth-order valence-electron chi connectivity index (χ4n) is 4.52. The lowest BCUT2D eigenvalue weighted by Crippen LogP contribution is -2.42. The van der Waals surface area contributed by atoms with Gasteiger partial charge in [0.05, 0.1) is 18.2 Å². The van der Waals surface area contributed by atoms with Gasteiger partial charge in [0.25, 0.3) is 5.56 Å². The fraction of sp³-hybridized carbons (Fsp3) is 0.476. The van der Waals surface area contributed by atoms with Crippen LogP contribution in [0.5, 0.6) is 0 Å². The summed E-state index contributed by atoms with van der Waals surface area (Å²) < 4.78 is 0. The molecule has 5 nitrogen and oxygen atoms in total. The standard InChI is InChI=1S/C21H25N3O2/c1-14-22-18-13-24(12-11-17(18)20(25)23-14)21(26)19(16-9-5-6-10-16)15-7-3-2-4-8-15/h2-4,7-8,16,19H,5-6,9-13H2,1H3,(H,22,23,25). The van der Waals surface area contributed by atoms with Crippen LogP contribution in [0.15, 0.2) is 35.1 Å². The summed E-state index contributed by atoms with van der Waals surface area (Å²) in [6.45, 7) is 2.82. The van der Waals surface area contributed by atoms with Crippen LogP contribution in [0.4, 0.5) is 0 Å². The number of benzene rings is 1. The van der Waals surface area contributed by atoms with Gasteiger partial charge in [-0.2, -0.15) is 0 Å². The number of amides is 1. The van der Waals surface area contributed by atoms with Crippen molar-refractivity contribution in [3.63, 3.8) is 0 Å². The Morgan fingerprint density at radius 1 is 1.23 bits per heavy atom. The summed E-state index contributed by atoms with van der Waals surface area (Å²) in [7, 11) is 0. The number of fused-ring (bicyclic) bond motifs is 1. The molecule has 136 valence electrons. The third kappa shape index (κ3) is 3.18. The van der Waals surface area contributed by atoms with E-state index in [1.54, 1.807) is 6.92 Å². The molecule has 1 aliphatic carbocycles. The Morgan fingerprint density at radius 3 is 2.69 bits per heavy atom. The monoisotopic (exact) mass is 351 g/mol. The molecular weight excluding hydrogens is 326 g/mol. The van der Waals surface area contributed by atoms with Gasteiger partial charge in [0, 0.05) is 12.1 Å². The molecule has 1 aromatic heterocycles. The Hall–Kier alpha value is -2.43. The molecular formula is C21H25N3O2. The van der Waals surface area contributed by atoms with Crippen molar-refractivity contribution in [2.75, 3.05) is 6.54 Å². The molecule has 1 fully saturated rings. The van der Waals surface area contributed by atoms with Crippen LogP contribution in [0.3, 0.4) is 0 Å². The minimum Gasteiger partial charge on any atom is -0.336 e. The van der Waals surface area contributed by atoms with Crippen LogP contribution in [0.2, 0.25) is 0 Å². The molecule has 0 radical (unpaired) electrons. The third-order valence-corrected chi connectivity index (χ3v) is 5.80. The molecule has 2 aromatic rings. The van der Waals surface area contributed by atoms with E-state index in [0.717, 1.165) is 29.7 Å². The number of H-pyrrole nitrogens is 1. The zero-order valence-corrected chi connectivity index (χ0v) is 15.2. The van der Waals surface area contributed by atoms with Gasteiger partial charge in [0.1, 0.15) is 5.82 Å². The largest absolute Gasteiger partial charge is 0.336 e. The van der Waals surface area contributed by atoms with Crippen LogP contribution in [-0.4, -0.2) is 27.3 Å². The summed E-state index contributed by atoms with van der Waals surface area (Å²) in [5.41, 5.74) is 2.54. The molecule has 5 heteroatoms. The molecule has 2 aliphatic rings. The van der Waals surface area contributed by atoms with Gasteiger partial charge in [-0.05, 0) is 37.7 Å². The van der Waals surface area contributed by atoms with Gasteiger partial charge in [0.15, 0.2) is 0 Å². The summed E-state index contributed by atoms with van der Waals surface area (Å²) in [5.74, 6) is 1.13. The van der Waals surface area contributed by atoms with Gasteiger partial charge in [-0.1, -0.05) is 43.2 Å². The Morgan fingerprint density at radius 2 is 1.96 bits per heavy atom. The summed E-state index contributed by atoms with van der Waals surface area (Å²) >= 11 is 0. The molecule has 1 N–H and O–H groups in total. The maximum absolute atomic E-state index is 13.5. The average Bonchev–Trinajstić information content (AvgIpc) is 3.16. The minimum absolute atomic E-state index is 0.0602. The van der Waals surface area contributed by atoms with Crippen molar-refractivity contribution in [3.8, 4) is 0 Å². The molecule has 1 atom stereocenters. The molecule has 1 aliphatic heterocycles. The van der Waals surface area contributed by atoms with Gasteiger partial charge in [-0.15, -0.1) is 0 Å². The molecule has 4 rings (SSSR count). The van der Waals surface area contributed by atoms with Gasteiger partial charge >= 0.3 is 0 Å². The van der Waals surface area contributed by atoms with E-state index in [1.165, 1.54) is 12.8 Å². The van der Waals surface area contributed by atoms with Crippen molar-refractivity contribution in [1.29, 1.82) is 0 Å². The highest BCUT2D eigenvalue weighted by molar-refractivity contribution is 5.84. The van der Waals surface area contributed by atoms with Crippen LogP contribution < -0.4 is 5.56 Å². The van der Waals surface area contributed by atoms with Crippen LogP contribution in [-0.2, 0) is 17.8 Å². The number of hydrogen-bond donors (Lipinski definition) is 1. The summed E-state index contributed by atoms with van der Waals surface area (Å²) in [4.78, 5) is 34.8. The highest BCUT2D eigenvalue weighted by Crippen LogP contribution is 2.39. The van der Waals surface area contributed by atoms with E-state index >= 15 is 0 Å². The third-order valence-electron chi connectivity index (χ3n) is 5.80. The molecule has 1 unspecified atom stereocenters. The average molecular weight is 351 g/mol. The second kappa shape index (κ2) is 7.06. The van der Waals surface area contributed by atoms with Gasteiger partial charge in [0.2, 0.25) is 5.91 Å². The first kappa shape index (κ1) is 17.0. The van der Waals surface area contributed by atoms with E-state index in [2.05, 4.69) is 22.1 Å². The Balaban J connectivity index is 1.63. The number of carbonyl (C=O) groups is 1. The zero-order valence-electron chi connectivity index (χ0n) is 15.2. The number of carbonyl (C=O) groups excluding carboxylic acids is 1. The molecule has 0 spiro atoms. The number of rotatable bonds is 3. The number of aryl methyl sites for hydroxylation is 1. The molecule has 26 heavy (non-hydrogen) atoms. The van der Waals surface area contributed by atoms with Crippen LogP contribution >= 0.6 is 0 Å². The van der Waals surface area contributed by atoms with E-state index in [0.29, 0.717) is 31.3 Å². The molecule has 0 saturated heterocycles. The van der Waals surface area contributed by atoms with Crippen LogP contribution in [0, 0.1) is 12.8 Å². The minimum atomic E-state index is -0.0802. The summed E-state index contributed by atoms with van der Waals surface area (Å²) in [6.07, 6.45) is 5.23. The van der Waals surface area contributed by atoms with Crippen LogP contribution in [0.1, 0.15) is 54.2 Å². The van der Waals surface area contributed by atoms with Gasteiger partial charge in [-0.25, -0.2) is 4.98 Å². The first-order valence-corrected chi connectivity index (χ1v) is 9.56. The normalized spacial score (nSPS) is 18.6. The van der Waals surface area contributed by atoms with E-state index < -0.39 is 0 Å². The molecule has 1 aromatic carbocycles. The number of aromatic amines is 1. The van der Waals surface area contributed by atoms with Crippen molar-refractivity contribution >= 4 is 5.91 Å². The SMILES string of the molecule is Cc1nc2c(c(=O)[nH]1)CCN(C(=O)C(c1ccccc1)C1CCCC1)C2. The number of aromatic nitrogens is 2. The first-order chi connectivity index (χ1) is 12.6. The second-order valence-electron chi connectivity index (χ2n) is 7.52. The zero-order chi connectivity index (χ0) is 18.1. The van der Waals surface area contributed by atoms with Crippen molar-refractivity contribution < 1.29 is 4.79 Å². The van der Waals surface area contributed by atoms with Gasteiger partial charge < -0.3 is 9.88 Å². The lowest BCUT2D eigenvalue weighted by Gasteiger charge is -2.33. The van der Waals surface area contributed by atoms with E-state index in [4.69, 9.17) is 0 Å². The maximum Gasteiger partial charge on any atom is 0.254 e. The highest BCUT2D eigenvalue weighted by atomic mass is 16.2. The molecule has 0 bridgehead atoms. The van der Waals surface area contributed by atoms with Crippen molar-refractivity contribution in [2.24, 2.45) is 5.92 Å². The second-order valence-corrected chi connectivity index (χ2v) is 7.52. The van der Waals surface area contributed by atoms with E-state index in [9.17, 15) is 9.59 Å². The molecule has 1 amide bonds. The maximum atomic E-state index is 13.5. The Labute approximate surface area is 153 Å². The lowest BCUT2D eigenvalue weighted by atomic mass is 9.83. The Kier molecular flexibility index (Phi) is 4.62. The van der Waals surface area contributed by atoms with E-state index in [1.807, 2.05) is 23.1 Å². The summed E-state index contributed by atoms with van der Waals surface area (Å²) in [5, 5.41) is 0. The fourth-order valence-corrected chi connectivity index (χ4v) is 4.52. The number of hydrogen-bond acceptors (Lipinski definition) is 3. The summed E-state index contributed by atoms with van der Waals surface area (Å²) in [6, 6.07) is 10.2. The van der Waals surface area contributed by atoms with E-state index in [-0.39, 0.29) is 17.4 Å².